The largest absolute Gasteiger partial charge is 0.384 e. The van der Waals surface area contributed by atoms with Crippen LogP contribution in [-0.4, -0.2) is 36.3 Å². The standard InChI is InChI=1S/C17H23N3O2/c1-3-12-20(13-4-2)17(21)14-22-19-16(18)11-10-15-8-6-5-7-9-15/h3-9H,1-2,10-14H2,(H2,18,19). The average Bonchev–Trinajstić information content (AvgIpc) is 2.53. The lowest BCUT2D eigenvalue weighted by molar-refractivity contribution is -0.135. The molecule has 0 aliphatic carbocycles. The lowest BCUT2D eigenvalue weighted by Gasteiger charge is -2.18. The Morgan fingerprint density at radius 3 is 2.45 bits per heavy atom. The molecular weight excluding hydrogens is 278 g/mol. The van der Waals surface area contributed by atoms with Gasteiger partial charge >= 0.3 is 0 Å². The highest BCUT2D eigenvalue weighted by atomic mass is 16.6. The van der Waals surface area contributed by atoms with Gasteiger partial charge in [0.15, 0.2) is 6.61 Å². The normalized spacial score (nSPS) is 10.8. The van der Waals surface area contributed by atoms with Gasteiger partial charge in [0.2, 0.25) is 0 Å². The number of hydrogen-bond acceptors (Lipinski definition) is 3. The lowest BCUT2D eigenvalue weighted by Crippen LogP contribution is -2.34. The summed E-state index contributed by atoms with van der Waals surface area (Å²) in [5.41, 5.74) is 6.95. The van der Waals surface area contributed by atoms with Crippen molar-refractivity contribution in [2.24, 2.45) is 10.9 Å². The van der Waals surface area contributed by atoms with Crippen molar-refractivity contribution in [3.05, 3.63) is 61.2 Å². The lowest BCUT2D eigenvalue weighted by atomic mass is 10.1. The molecule has 1 amide bonds. The molecule has 0 saturated heterocycles. The Morgan fingerprint density at radius 2 is 1.86 bits per heavy atom. The third-order valence-corrected chi connectivity index (χ3v) is 2.93. The molecule has 22 heavy (non-hydrogen) atoms. The van der Waals surface area contributed by atoms with Crippen molar-refractivity contribution in [2.45, 2.75) is 12.8 Å². The minimum atomic E-state index is -0.181. The fourth-order valence-electron chi connectivity index (χ4n) is 1.81. The van der Waals surface area contributed by atoms with Gasteiger partial charge in [0.05, 0.1) is 0 Å². The summed E-state index contributed by atoms with van der Waals surface area (Å²) in [6, 6.07) is 9.98. The Morgan fingerprint density at radius 1 is 1.23 bits per heavy atom. The third kappa shape index (κ3) is 6.74. The molecule has 0 atom stereocenters. The SMILES string of the molecule is C=CCN(CC=C)C(=O)CO/N=C(\N)CCc1ccccc1. The molecule has 2 N–H and O–H groups in total. The minimum absolute atomic E-state index is 0.145. The van der Waals surface area contributed by atoms with Crippen LogP contribution in [0.3, 0.4) is 0 Å². The summed E-state index contributed by atoms with van der Waals surface area (Å²) in [5, 5.41) is 3.78. The molecule has 0 aliphatic rings. The van der Waals surface area contributed by atoms with Gasteiger partial charge in [-0.1, -0.05) is 47.6 Å². The fraction of sp³-hybridized carbons (Fsp3) is 0.294. The number of amidine groups is 1. The zero-order valence-corrected chi connectivity index (χ0v) is 12.8. The van der Waals surface area contributed by atoms with E-state index in [4.69, 9.17) is 10.6 Å². The van der Waals surface area contributed by atoms with Crippen LogP contribution in [0.15, 0.2) is 60.8 Å². The summed E-state index contributed by atoms with van der Waals surface area (Å²) in [5.74, 6) is 0.190. The Balaban J connectivity index is 2.35. The molecule has 0 bridgehead atoms. The molecule has 0 fully saturated rings. The summed E-state index contributed by atoms with van der Waals surface area (Å²) in [4.78, 5) is 18.5. The Labute approximate surface area is 131 Å². The van der Waals surface area contributed by atoms with Crippen molar-refractivity contribution < 1.29 is 9.63 Å². The molecule has 118 valence electrons. The van der Waals surface area contributed by atoms with Gasteiger partial charge in [0.1, 0.15) is 5.84 Å². The molecule has 1 aromatic carbocycles. The predicted molar refractivity (Wildman–Crippen MR) is 89.3 cm³/mol. The van der Waals surface area contributed by atoms with Gasteiger partial charge in [0.25, 0.3) is 5.91 Å². The van der Waals surface area contributed by atoms with Gasteiger partial charge in [-0.25, -0.2) is 0 Å². The number of amides is 1. The van der Waals surface area contributed by atoms with Gasteiger partial charge in [0, 0.05) is 19.5 Å². The quantitative estimate of drug-likeness (QED) is 0.311. The fourth-order valence-corrected chi connectivity index (χ4v) is 1.81. The van der Waals surface area contributed by atoms with Crippen LogP contribution in [0.4, 0.5) is 0 Å². The van der Waals surface area contributed by atoms with E-state index < -0.39 is 0 Å². The monoisotopic (exact) mass is 301 g/mol. The van der Waals surface area contributed by atoms with E-state index in [2.05, 4.69) is 18.3 Å². The van der Waals surface area contributed by atoms with Gasteiger partial charge in [-0.15, -0.1) is 13.2 Å². The van der Waals surface area contributed by atoms with E-state index in [1.807, 2.05) is 30.3 Å². The molecule has 0 saturated carbocycles. The maximum absolute atomic E-state index is 11.9. The number of nitrogens with zero attached hydrogens (tertiary/aromatic N) is 2. The van der Waals surface area contributed by atoms with Crippen LogP contribution in [0, 0.1) is 0 Å². The van der Waals surface area contributed by atoms with Crippen LogP contribution in [0.25, 0.3) is 0 Å². The predicted octanol–water partition coefficient (Wildman–Crippen LogP) is 2.11. The highest BCUT2D eigenvalue weighted by molar-refractivity contribution is 5.80. The molecule has 1 aromatic rings. The van der Waals surface area contributed by atoms with Crippen LogP contribution < -0.4 is 5.73 Å². The molecule has 0 radical (unpaired) electrons. The number of rotatable bonds is 10. The Bertz CT molecular complexity index is 502. The number of benzene rings is 1. The van der Waals surface area contributed by atoms with E-state index in [-0.39, 0.29) is 12.5 Å². The van der Waals surface area contributed by atoms with Gasteiger partial charge in [-0.2, -0.15) is 0 Å². The Hall–Kier alpha value is -2.56. The van der Waals surface area contributed by atoms with Crippen molar-refractivity contribution >= 4 is 11.7 Å². The molecule has 0 heterocycles. The van der Waals surface area contributed by atoms with Gasteiger partial charge in [-0.3, -0.25) is 4.79 Å². The van der Waals surface area contributed by atoms with Crippen LogP contribution in [0.2, 0.25) is 0 Å². The number of carbonyl (C=O) groups is 1. The van der Waals surface area contributed by atoms with Gasteiger partial charge < -0.3 is 15.5 Å². The first kappa shape index (κ1) is 17.5. The first-order valence-electron chi connectivity index (χ1n) is 7.15. The van der Waals surface area contributed by atoms with Crippen molar-refractivity contribution in [1.29, 1.82) is 0 Å². The Kier molecular flexibility index (Phi) is 8.12. The second-order valence-electron chi connectivity index (χ2n) is 4.72. The molecule has 0 aromatic heterocycles. The summed E-state index contributed by atoms with van der Waals surface area (Å²) in [7, 11) is 0. The van der Waals surface area contributed by atoms with Crippen molar-refractivity contribution in [3.8, 4) is 0 Å². The van der Waals surface area contributed by atoms with E-state index >= 15 is 0 Å². The second kappa shape index (κ2) is 10.2. The zero-order chi connectivity index (χ0) is 16.2. The molecule has 5 nitrogen and oxygen atoms in total. The van der Waals surface area contributed by atoms with E-state index in [0.29, 0.717) is 25.3 Å². The summed E-state index contributed by atoms with van der Waals surface area (Å²) < 4.78 is 0. The van der Waals surface area contributed by atoms with Crippen LogP contribution in [-0.2, 0) is 16.1 Å². The molecule has 5 heteroatoms. The molecular formula is C17H23N3O2. The minimum Gasteiger partial charge on any atom is -0.384 e. The number of oxime groups is 1. The van der Waals surface area contributed by atoms with Crippen molar-refractivity contribution in [2.75, 3.05) is 19.7 Å². The van der Waals surface area contributed by atoms with E-state index in [1.165, 1.54) is 5.56 Å². The zero-order valence-electron chi connectivity index (χ0n) is 12.8. The van der Waals surface area contributed by atoms with Gasteiger partial charge in [-0.05, 0) is 12.0 Å². The first-order valence-corrected chi connectivity index (χ1v) is 7.15. The second-order valence-corrected chi connectivity index (χ2v) is 4.72. The maximum atomic E-state index is 11.9. The van der Waals surface area contributed by atoms with Crippen molar-refractivity contribution in [1.82, 2.24) is 4.90 Å². The number of aryl methyl sites for hydroxylation is 1. The topological polar surface area (TPSA) is 67.9 Å². The van der Waals surface area contributed by atoms with Crippen molar-refractivity contribution in [3.63, 3.8) is 0 Å². The molecule has 0 spiro atoms. The third-order valence-electron chi connectivity index (χ3n) is 2.93. The van der Waals surface area contributed by atoms with E-state index in [0.717, 1.165) is 6.42 Å². The highest BCUT2D eigenvalue weighted by Crippen LogP contribution is 2.02. The smallest absolute Gasteiger partial charge is 0.263 e. The number of hydrogen-bond donors (Lipinski definition) is 1. The summed E-state index contributed by atoms with van der Waals surface area (Å²) >= 11 is 0. The first-order chi connectivity index (χ1) is 10.7. The summed E-state index contributed by atoms with van der Waals surface area (Å²) in [6.07, 6.45) is 4.67. The van der Waals surface area contributed by atoms with E-state index in [1.54, 1.807) is 17.1 Å². The summed E-state index contributed by atoms with van der Waals surface area (Å²) in [6.45, 7) is 7.97. The molecule has 1 rings (SSSR count). The molecule has 0 unspecified atom stereocenters. The number of carbonyl (C=O) groups excluding carboxylic acids is 1. The highest BCUT2D eigenvalue weighted by Gasteiger charge is 2.10. The maximum Gasteiger partial charge on any atom is 0.263 e. The van der Waals surface area contributed by atoms with Crippen LogP contribution in [0.5, 0.6) is 0 Å². The average molecular weight is 301 g/mol. The number of nitrogens with two attached hydrogens (primary N) is 1. The molecule has 0 aliphatic heterocycles. The van der Waals surface area contributed by atoms with E-state index in [9.17, 15) is 4.79 Å². The van der Waals surface area contributed by atoms with Crippen LogP contribution >= 0.6 is 0 Å². The van der Waals surface area contributed by atoms with Crippen LogP contribution in [0.1, 0.15) is 12.0 Å².